The van der Waals surface area contributed by atoms with E-state index in [1.807, 2.05) is 17.1 Å². The second-order valence-corrected chi connectivity index (χ2v) is 5.73. The maximum absolute atomic E-state index is 4.66. The van der Waals surface area contributed by atoms with Crippen molar-refractivity contribution in [3.63, 3.8) is 0 Å². The molecule has 2 aromatic rings. The highest BCUT2D eigenvalue weighted by Crippen LogP contribution is 2.09. The van der Waals surface area contributed by atoms with E-state index >= 15 is 0 Å². The van der Waals surface area contributed by atoms with Crippen molar-refractivity contribution in [1.29, 1.82) is 0 Å². The van der Waals surface area contributed by atoms with Crippen molar-refractivity contribution in [3.05, 3.63) is 53.6 Å². The van der Waals surface area contributed by atoms with Crippen molar-refractivity contribution in [3.8, 4) is 0 Å². The quantitative estimate of drug-likeness (QED) is 0.395. The number of nitrogens with zero attached hydrogens (tertiary/aromatic N) is 3. The summed E-state index contributed by atoms with van der Waals surface area (Å²) in [6.07, 6.45) is 6.54. The third kappa shape index (κ3) is 7.33. The molecule has 0 amide bonds. The summed E-state index contributed by atoms with van der Waals surface area (Å²) in [7, 11) is 0. The minimum atomic E-state index is 0. The van der Waals surface area contributed by atoms with Crippen molar-refractivity contribution in [2.24, 2.45) is 4.99 Å². The first-order valence-electron chi connectivity index (χ1n) is 8.22. The van der Waals surface area contributed by atoms with Gasteiger partial charge in [0.15, 0.2) is 5.96 Å². The fraction of sp³-hybridized carbons (Fsp3) is 0.444. The molecule has 2 N–H and O–H groups in total. The van der Waals surface area contributed by atoms with E-state index in [-0.39, 0.29) is 24.0 Å². The number of guanidine groups is 1. The molecular weight excluding hydrogens is 413 g/mol. The van der Waals surface area contributed by atoms with Crippen molar-refractivity contribution < 1.29 is 0 Å². The smallest absolute Gasteiger partial charge is 0.191 e. The molecule has 5 nitrogen and oxygen atoms in total. The van der Waals surface area contributed by atoms with Crippen LogP contribution in [-0.2, 0) is 13.0 Å². The van der Waals surface area contributed by atoms with Gasteiger partial charge in [-0.05, 0) is 32.8 Å². The monoisotopic (exact) mass is 441 g/mol. The lowest BCUT2D eigenvalue weighted by Crippen LogP contribution is -2.39. The number of nitrogens with one attached hydrogen (secondary N) is 2. The largest absolute Gasteiger partial charge is 0.357 e. The number of benzene rings is 1. The van der Waals surface area contributed by atoms with Gasteiger partial charge in [-0.3, -0.25) is 4.99 Å². The van der Waals surface area contributed by atoms with Crippen molar-refractivity contribution in [1.82, 2.24) is 20.2 Å². The SMILES string of the molecule is CCNC(=NCCc1cc(C)cc(C)c1)NCCn1ccnc1.I. The molecule has 0 aliphatic carbocycles. The van der Waals surface area contributed by atoms with Crippen LogP contribution in [0.4, 0.5) is 0 Å². The number of halogens is 1. The van der Waals surface area contributed by atoms with Crippen LogP contribution in [0.5, 0.6) is 0 Å². The lowest BCUT2D eigenvalue weighted by Gasteiger charge is -2.11. The molecule has 1 aromatic carbocycles. The van der Waals surface area contributed by atoms with Crippen LogP contribution in [0.1, 0.15) is 23.6 Å². The third-order valence-corrected chi connectivity index (χ3v) is 3.52. The van der Waals surface area contributed by atoms with Gasteiger partial charge in [0.05, 0.1) is 6.33 Å². The lowest BCUT2D eigenvalue weighted by molar-refractivity contribution is 0.662. The summed E-state index contributed by atoms with van der Waals surface area (Å²) >= 11 is 0. The Morgan fingerprint density at radius 1 is 1.17 bits per heavy atom. The molecule has 6 heteroatoms. The molecule has 0 atom stereocenters. The summed E-state index contributed by atoms with van der Waals surface area (Å²) in [5.74, 6) is 0.872. The topological polar surface area (TPSA) is 54.2 Å². The maximum atomic E-state index is 4.66. The normalized spacial score (nSPS) is 11.0. The number of aromatic nitrogens is 2. The van der Waals surface area contributed by atoms with E-state index in [9.17, 15) is 0 Å². The van der Waals surface area contributed by atoms with Crippen molar-refractivity contribution in [2.75, 3.05) is 19.6 Å². The number of hydrogen-bond donors (Lipinski definition) is 2. The minimum absolute atomic E-state index is 0. The highest BCUT2D eigenvalue weighted by molar-refractivity contribution is 14.0. The van der Waals surface area contributed by atoms with Gasteiger partial charge in [0.25, 0.3) is 0 Å². The van der Waals surface area contributed by atoms with Gasteiger partial charge < -0.3 is 15.2 Å². The zero-order valence-corrected chi connectivity index (χ0v) is 17.1. The molecule has 0 fully saturated rings. The number of rotatable bonds is 7. The Balaban J connectivity index is 0.00000288. The predicted molar refractivity (Wildman–Crippen MR) is 111 cm³/mol. The van der Waals surface area contributed by atoms with Gasteiger partial charge in [0.2, 0.25) is 0 Å². The summed E-state index contributed by atoms with van der Waals surface area (Å²) in [5.41, 5.74) is 3.98. The number of aliphatic imine (C=N–C) groups is 1. The summed E-state index contributed by atoms with van der Waals surface area (Å²) in [6, 6.07) is 6.68. The van der Waals surface area contributed by atoms with Gasteiger partial charge >= 0.3 is 0 Å². The second kappa shape index (κ2) is 11.1. The van der Waals surface area contributed by atoms with Crippen LogP contribution < -0.4 is 10.6 Å². The average molecular weight is 441 g/mol. The maximum Gasteiger partial charge on any atom is 0.191 e. The van der Waals surface area contributed by atoms with Gasteiger partial charge in [-0.1, -0.05) is 29.3 Å². The van der Waals surface area contributed by atoms with Crippen LogP contribution in [0.3, 0.4) is 0 Å². The first kappa shape index (κ1) is 20.5. The highest BCUT2D eigenvalue weighted by atomic mass is 127. The summed E-state index contributed by atoms with van der Waals surface area (Å²) < 4.78 is 2.05. The molecule has 132 valence electrons. The van der Waals surface area contributed by atoms with Crippen molar-refractivity contribution in [2.45, 2.75) is 33.7 Å². The first-order chi connectivity index (χ1) is 11.2. The molecule has 0 saturated heterocycles. The van der Waals surface area contributed by atoms with E-state index in [1.165, 1.54) is 16.7 Å². The summed E-state index contributed by atoms with van der Waals surface area (Å²) in [5, 5.41) is 6.64. The Hall–Kier alpha value is -1.57. The fourth-order valence-corrected chi connectivity index (χ4v) is 2.57. The summed E-state index contributed by atoms with van der Waals surface area (Å²) in [6.45, 7) is 9.71. The molecule has 0 bridgehead atoms. The molecule has 0 unspecified atom stereocenters. The van der Waals surface area contributed by atoms with Gasteiger partial charge in [-0.2, -0.15) is 0 Å². The fourth-order valence-electron chi connectivity index (χ4n) is 2.57. The van der Waals surface area contributed by atoms with E-state index in [1.54, 1.807) is 6.20 Å². The zero-order valence-electron chi connectivity index (χ0n) is 14.7. The van der Waals surface area contributed by atoms with E-state index < -0.39 is 0 Å². The summed E-state index contributed by atoms with van der Waals surface area (Å²) in [4.78, 5) is 8.70. The molecule has 1 aromatic heterocycles. The van der Waals surface area contributed by atoms with Gasteiger partial charge in [-0.15, -0.1) is 24.0 Å². The Labute approximate surface area is 162 Å². The third-order valence-electron chi connectivity index (χ3n) is 3.52. The molecule has 0 radical (unpaired) electrons. The molecule has 1 heterocycles. The van der Waals surface area contributed by atoms with Crippen molar-refractivity contribution >= 4 is 29.9 Å². The second-order valence-electron chi connectivity index (χ2n) is 5.73. The van der Waals surface area contributed by atoms with Crippen LogP contribution in [0.15, 0.2) is 41.9 Å². The average Bonchev–Trinajstić information content (AvgIpc) is 2.99. The lowest BCUT2D eigenvalue weighted by atomic mass is 10.1. The Bertz CT molecular complexity index is 602. The number of hydrogen-bond acceptors (Lipinski definition) is 2. The van der Waals surface area contributed by atoms with E-state index in [0.29, 0.717) is 0 Å². The molecule has 0 aliphatic heterocycles. The van der Waals surface area contributed by atoms with E-state index in [2.05, 4.69) is 59.6 Å². The van der Waals surface area contributed by atoms with E-state index in [0.717, 1.165) is 38.6 Å². The van der Waals surface area contributed by atoms with Gasteiger partial charge in [0.1, 0.15) is 0 Å². The van der Waals surface area contributed by atoms with Gasteiger partial charge in [-0.25, -0.2) is 4.98 Å². The Morgan fingerprint density at radius 3 is 2.54 bits per heavy atom. The molecule has 0 saturated carbocycles. The molecule has 0 aliphatic rings. The Morgan fingerprint density at radius 2 is 1.92 bits per heavy atom. The van der Waals surface area contributed by atoms with Crippen LogP contribution in [0.2, 0.25) is 0 Å². The van der Waals surface area contributed by atoms with Crippen LogP contribution in [-0.4, -0.2) is 35.1 Å². The minimum Gasteiger partial charge on any atom is -0.357 e. The van der Waals surface area contributed by atoms with Crippen LogP contribution >= 0.6 is 24.0 Å². The molecular formula is C18H28IN5. The van der Waals surface area contributed by atoms with Crippen LogP contribution in [0.25, 0.3) is 0 Å². The standard InChI is InChI=1S/C18H27N5.HI/c1-4-20-18(22-8-10-23-9-7-19-14-23)21-6-5-17-12-15(2)11-16(3)13-17;/h7,9,11-14H,4-6,8,10H2,1-3H3,(H2,20,21,22);1H. The van der Waals surface area contributed by atoms with E-state index in [4.69, 9.17) is 0 Å². The molecule has 0 spiro atoms. The first-order valence-corrected chi connectivity index (χ1v) is 8.22. The number of aryl methyl sites for hydroxylation is 2. The Kier molecular flexibility index (Phi) is 9.44. The predicted octanol–water partition coefficient (Wildman–Crippen LogP) is 2.92. The molecule has 24 heavy (non-hydrogen) atoms. The number of imidazole rings is 1. The highest BCUT2D eigenvalue weighted by Gasteiger charge is 1.99. The molecule has 2 rings (SSSR count). The van der Waals surface area contributed by atoms with Gasteiger partial charge in [0, 0.05) is 38.6 Å². The zero-order chi connectivity index (χ0) is 16.5. The van der Waals surface area contributed by atoms with Crippen LogP contribution in [0, 0.1) is 13.8 Å².